The van der Waals surface area contributed by atoms with E-state index in [0.717, 1.165) is 22.6 Å². The molecule has 1 aromatic carbocycles. The molecule has 3 N–H and O–H groups in total. The van der Waals surface area contributed by atoms with E-state index in [1.54, 1.807) is 24.3 Å². The molecule has 1 aliphatic rings. The molecule has 2 aromatic heterocycles. The number of piperidine rings is 1. The van der Waals surface area contributed by atoms with Crippen LogP contribution in [0.25, 0.3) is 16.8 Å². The molecule has 8 nitrogen and oxygen atoms in total. The number of benzene rings is 1. The van der Waals surface area contributed by atoms with Crippen molar-refractivity contribution < 1.29 is 13.5 Å². The summed E-state index contributed by atoms with van der Waals surface area (Å²) in [6, 6.07) is 10.2. The number of sulfonamides is 1. The lowest BCUT2D eigenvalue weighted by molar-refractivity contribution is 0.0877. The maximum Gasteiger partial charge on any atom is 0.243 e. The first-order valence-electron chi connectivity index (χ1n) is 9.66. The molecule has 0 radical (unpaired) electrons. The monoisotopic (exact) mass is 487 g/mol. The van der Waals surface area contributed by atoms with Gasteiger partial charge in [-0.25, -0.2) is 8.42 Å². The van der Waals surface area contributed by atoms with E-state index in [1.807, 2.05) is 22.7 Å². The van der Waals surface area contributed by atoms with Crippen molar-refractivity contribution in [3.8, 4) is 11.1 Å². The molecule has 0 amide bonds. The van der Waals surface area contributed by atoms with Gasteiger partial charge in [0, 0.05) is 31.2 Å². The minimum Gasteiger partial charge on any atom is -0.390 e. The molecule has 0 spiro atoms. The minimum atomic E-state index is -3.67. The van der Waals surface area contributed by atoms with Gasteiger partial charge in [0.25, 0.3) is 0 Å². The molecular formula is C20H27Cl2N5O3S. The second kappa shape index (κ2) is 9.81. The molecule has 3 aromatic rings. The Morgan fingerprint density at radius 2 is 1.71 bits per heavy atom. The zero-order chi connectivity index (χ0) is 20.8. The van der Waals surface area contributed by atoms with E-state index in [9.17, 15) is 13.5 Å². The zero-order valence-electron chi connectivity index (χ0n) is 17.2. The van der Waals surface area contributed by atoms with Gasteiger partial charge in [0.2, 0.25) is 10.0 Å². The number of nitrogens with zero attached hydrogens (tertiary/aromatic N) is 4. The second-order valence-electron chi connectivity index (χ2n) is 7.77. The van der Waals surface area contributed by atoms with Gasteiger partial charge in [-0.3, -0.25) is 4.40 Å². The fourth-order valence-corrected chi connectivity index (χ4v) is 5.05. The van der Waals surface area contributed by atoms with Crippen LogP contribution in [0, 0.1) is 0 Å². The Bertz CT molecular complexity index is 1140. The van der Waals surface area contributed by atoms with Gasteiger partial charge in [-0.05, 0) is 41.8 Å². The molecule has 0 saturated carbocycles. The number of fused-ring (bicyclic) bond motifs is 1. The number of hydrogen-bond donors (Lipinski definition) is 2. The van der Waals surface area contributed by atoms with Crippen LogP contribution in [0.4, 0.5) is 0 Å². The molecule has 1 saturated heterocycles. The summed E-state index contributed by atoms with van der Waals surface area (Å²) in [6.07, 6.45) is 1.56. The van der Waals surface area contributed by atoms with Crippen molar-refractivity contribution in [2.75, 3.05) is 13.1 Å². The number of aliphatic hydroxyl groups is 1. The zero-order valence-corrected chi connectivity index (χ0v) is 19.7. The summed E-state index contributed by atoms with van der Waals surface area (Å²) < 4.78 is 29.1. The highest BCUT2D eigenvalue weighted by Gasteiger charge is 2.33. The fourth-order valence-electron chi connectivity index (χ4n) is 3.58. The summed E-state index contributed by atoms with van der Waals surface area (Å²) in [5.41, 5.74) is 8.41. The second-order valence-corrected chi connectivity index (χ2v) is 9.70. The van der Waals surface area contributed by atoms with E-state index in [0.29, 0.717) is 13.0 Å². The van der Waals surface area contributed by atoms with Crippen molar-refractivity contribution in [2.45, 2.75) is 43.2 Å². The maximum atomic E-state index is 12.9. The van der Waals surface area contributed by atoms with Crippen LogP contribution < -0.4 is 5.73 Å². The number of nitrogens with two attached hydrogens (primary N) is 1. The fraction of sp³-hybridized carbons (Fsp3) is 0.400. The van der Waals surface area contributed by atoms with Gasteiger partial charge in [0.15, 0.2) is 5.65 Å². The van der Waals surface area contributed by atoms with Crippen LogP contribution in [0.15, 0.2) is 47.5 Å². The standard InChI is InChI=1S/C20H25N5O3S.2ClH/c1-13(2)20-23-22-19-8-5-15(11-25(19)20)14-3-6-16(7-4-14)29(27,28)24-10-9-17(21)18(26)12-24;;/h3-8,11,13,17-18,26H,9-10,12,21H2,1-2H3;2*1H/t17-,18+;;/m0../s1. The largest absolute Gasteiger partial charge is 0.390 e. The highest BCUT2D eigenvalue weighted by molar-refractivity contribution is 7.89. The quantitative estimate of drug-likeness (QED) is 0.583. The highest BCUT2D eigenvalue weighted by atomic mass is 35.5. The van der Waals surface area contributed by atoms with Gasteiger partial charge in [-0.1, -0.05) is 26.0 Å². The number of β-amino-alcohol motifs (C(OH)–C–C–N with tert-alkyl or cyclic N) is 1. The average Bonchev–Trinajstić information content (AvgIpc) is 3.13. The van der Waals surface area contributed by atoms with E-state index in [4.69, 9.17) is 5.73 Å². The third kappa shape index (κ3) is 4.87. The van der Waals surface area contributed by atoms with Crippen LogP contribution in [-0.4, -0.2) is 57.7 Å². The molecule has 1 aliphatic heterocycles. The summed E-state index contributed by atoms with van der Waals surface area (Å²) in [4.78, 5) is 0.206. The van der Waals surface area contributed by atoms with Crippen molar-refractivity contribution in [1.29, 1.82) is 0 Å². The van der Waals surface area contributed by atoms with E-state index in [-0.39, 0.29) is 48.2 Å². The molecule has 0 aliphatic carbocycles. The van der Waals surface area contributed by atoms with E-state index < -0.39 is 16.1 Å². The molecule has 31 heavy (non-hydrogen) atoms. The number of aromatic nitrogens is 3. The highest BCUT2D eigenvalue weighted by Crippen LogP contribution is 2.26. The summed E-state index contributed by atoms with van der Waals surface area (Å²) in [5.74, 6) is 1.11. The Morgan fingerprint density at radius 1 is 1.06 bits per heavy atom. The third-order valence-corrected chi connectivity index (χ3v) is 7.25. The number of rotatable bonds is 4. The van der Waals surface area contributed by atoms with Crippen molar-refractivity contribution in [3.63, 3.8) is 0 Å². The van der Waals surface area contributed by atoms with Gasteiger partial charge in [0.1, 0.15) is 5.82 Å². The van der Waals surface area contributed by atoms with E-state index >= 15 is 0 Å². The lowest BCUT2D eigenvalue weighted by Crippen LogP contribution is -2.52. The summed E-state index contributed by atoms with van der Waals surface area (Å²) >= 11 is 0. The van der Waals surface area contributed by atoms with Gasteiger partial charge < -0.3 is 10.8 Å². The SMILES string of the molecule is CC(C)c1nnc2ccc(-c3ccc(S(=O)(=O)N4CC[C@H](N)[C@H](O)C4)cc3)cn12.Cl.Cl. The van der Waals surface area contributed by atoms with Crippen LogP contribution in [-0.2, 0) is 10.0 Å². The van der Waals surface area contributed by atoms with E-state index in [2.05, 4.69) is 24.0 Å². The predicted octanol–water partition coefficient (Wildman–Crippen LogP) is 2.45. The van der Waals surface area contributed by atoms with Crippen molar-refractivity contribution in [3.05, 3.63) is 48.4 Å². The van der Waals surface area contributed by atoms with Gasteiger partial charge >= 0.3 is 0 Å². The topological polar surface area (TPSA) is 114 Å². The number of aliphatic hydroxyl groups excluding tert-OH is 1. The molecule has 0 unspecified atom stereocenters. The van der Waals surface area contributed by atoms with Crippen LogP contribution in [0.1, 0.15) is 32.0 Å². The average molecular weight is 488 g/mol. The lowest BCUT2D eigenvalue weighted by atomic mass is 10.1. The van der Waals surface area contributed by atoms with E-state index in [1.165, 1.54) is 4.31 Å². The molecule has 4 rings (SSSR count). The molecule has 3 heterocycles. The molecule has 11 heteroatoms. The van der Waals surface area contributed by atoms with Gasteiger partial charge in [0.05, 0.1) is 11.0 Å². The first-order valence-corrected chi connectivity index (χ1v) is 11.1. The Kier molecular flexibility index (Phi) is 8.07. The number of halogens is 2. The molecule has 1 fully saturated rings. The predicted molar refractivity (Wildman–Crippen MR) is 124 cm³/mol. The summed E-state index contributed by atoms with van der Waals surface area (Å²) in [7, 11) is -3.67. The Hall–Kier alpha value is -1.75. The number of pyridine rings is 1. The maximum absolute atomic E-state index is 12.9. The van der Waals surface area contributed by atoms with Gasteiger partial charge in [-0.15, -0.1) is 35.0 Å². The third-order valence-electron chi connectivity index (χ3n) is 5.37. The number of hydrogen-bond acceptors (Lipinski definition) is 6. The van der Waals surface area contributed by atoms with Crippen LogP contribution in [0.5, 0.6) is 0 Å². The summed E-state index contributed by atoms with van der Waals surface area (Å²) in [6.45, 7) is 4.46. The first-order chi connectivity index (χ1) is 13.8. The summed E-state index contributed by atoms with van der Waals surface area (Å²) in [5, 5.41) is 18.4. The smallest absolute Gasteiger partial charge is 0.243 e. The normalized spacial score (nSPS) is 19.8. The van der Waals surface area contributed by atoms with Crippen molar-refractivity contribution >= 4 is 40.5 Å². The minimum absolute atomic E-state index is 0. The molecule has 0 bridgehead atoms. The Labute approximate surface area is 194 Å². The van der Waals surface area contributed by atoms with Crippen LogP contribution in [0.2, 0.25) is 0 Å². The van der Waals surface area contributed by atoms with Crippen molar-refractivity contribution in [2.24, 2.45) is 5.73 Å². The molecule has 2 atom stereocenters. The van der Waals surface area contributed by atoms with Crippen LogP contribution in [0.3, 0.4) is 0 Å². The molecular weight excluding hydrogens is 461 g/mol. The first kappa shape index (κ1) is 25.5. The molecule has 170 valence electrons. The van der Waals surface area contributed by atoms with Gasteiger partial charge in [-0.2, -0.15) is 4.31 Å². The Morgan fingerprint density at radius 3 is 2.32 bits per heavy atom. The lowest BCUT2D eigenvalue weighted by Gasteiger charge is -2.33. The van der Waals surface area contributed by atoms with Crippen LogP contribution >= 0.6 is 24.8 Å². The van der Waals surface area contributed by atoms with Crippen molar-refractivity contribution in [1.82, 2.24) is 18.9 Å². The Balaban J connectivity index is 0.00000171.